The number of allylic oxidation sites excluding steroid dienone is 1. The number of rotatable bonds is 8. The highest BCUT2D eigenvalue weighted by atomic mass is 19.4. The maximum Gasteiger partial charge on any atom is 0.416 e. The Balaban J connectivity index is 1.60. The Kier molecular flexibility index (Phi) is 6.74. The van der Waals surface area contributed by atoms with Crippen LogP contribution < -0.4 is 9.47 Å². The number of alkyl halides is 5. The summed E-state index contributed by atoms with van der Waals surface area (Å²) in [4.78, 5) is 12.2. The van der Waals surface area contributed by atoms with Crippen molar-refractivity contribution in [2.75, 3.05) is 0 Å². The van der Waals surface area contributed by atoms with Gasteiger partial charge in [0.1, 0.15) is 29.6 Å². The van der Waals surface area contributed by atoms with Gasteiger partial charge in [0.05, 0.1) is 5.56 Å². The minimum atomic E-state index is -4.47. The number of ether oxygens (including phenoxy) is 2. The second-order valence-electron chi connectivity index (χ2n) is 6.22. The van der Waals surface area contributed by atoms with Crippen LogP contribution in [0.25, 0.3) is 6.08 Å². The lowest BCUT2D eigenvalue weighted by molar-refractivity contribution is -0.137. The Morgan fingerprint density at radius 2 is 1.74 bits per heavy atom. The van der Waals surface area contributed by atoms with E-state index in [4.69, 9.17) is 9.15 Å². The number of carbonyl (C=O) groups excluding carboxylic acids is 1. The summed E-state index contributed by atoms with van der Waals surface area (Å²) in [5.41, 5.74) is -0.677. The van der Waals surface area contributed by atoms with E-state index in [2.05, 4.69) is 4.74 Å². The molecule has 0 aliphatic carbocycles. The summed E-state index contributed by atoms with van der Waals surface area (Å²) in [7, 11) is 0. The molecule has 162 valence electrons. The second kappa shape index (κ2) is 9.46. The average Bonchev–Trinajstić information content (AvgIpc) is 3.18. The number of hydrogen-bond donors (Lipinski definition) is 0. The van der Waals surface area contributed by atoms with E-state index in [-0.39, 0.29) is 23.7 Å². The number of benzene rings is 2. The van der Waals surface area contributed by atoms with Gasteiger partial charge in [0.2, 0.25) is 0 Å². The maximum absolute atomic E-state index is 12.7. The molecule has 0 radical (unpaired) electrons. The normalized spacial score (nSPS) is 11.8. The number of hydrogen-bond acceptors (Lipinski definition) is 4. The summed E-state index contributed by atoms with van der Waals surface area (Å²) < 4.78 is 77.8. The van der Waals surface area contributed by atoms with Crippen molar-refractivity contribution in [2.24, 2.45) is 0 Å². The first-order chi connectivity index (χ1) is 14.7. The van der Waals surface area contributed by atoms with Crippen LogP contribution in [0.5, 0.6) is 11.5 Å². The summed E-state index contributed by atoms with van der Waals surface area (Å²) >= 11 is 0. The standard InChI is InChI=1S/C22H15F5O4/c23-21(24)31-18-6-1-3-14(11-18)20(28)10-9-16-7-8-19(30-16)13-29-17-5-2-4-15(12-17)22(25,26)27/h1-12,21H,13H2/b10-9+. The SMILES string of the molecule is O=C(/C=C/c1ccc(COc2cccc(C(F)(F)F)c2)o1)c1cccc(OC(F)F)c1. The summed E-state index contributed by atoms with van der Waals surface area (Å²) in [6, 6.07) is 12.9. The molecule has 31 heavy (non-hydrogen) atoms. The lowest BCUT2D eigenvalue weighted by atomic mass is 10.1. The number of carbonyl (C=O) groups is 1. The molecule has 0 saturated heterocycles. The molecule has 2 aromatic carbocycles. The molecule has 9 heteroatoms. The van der Waals surface area contributed by atoms with Crippen molar-refractivity contribution >= 4 is 11.9 Å². The first kappa shape index (κ1) is 22.1. The zero-order chi connectivity index (χ0) is 22.4. The molecule has 0 spiro atoms. The van der Waals surface area contributed by atoms with Gasteiger partial charge in [-0.1, -0.05) is 18.2 Å². The maximum atomic E-state index is 12.7. The first-order valence-corrected chi connectivity index (χ1v) is 8.87. The molecule has 0 fully saturated rings. The van der Waals surface area contributed by atoms with Crippen LogP contribution in [0.15, 0.2) is 71.2 Å². The van der Waals surface area contributed by atoms with Crippen LogP contribution in [0.4, 0.5) is 22.0 Å². The molecule has 0 atom stereocenters. The van der Waals surface area contributed by atoms with Crippen LogP contribution in [0.1, 0.15) is 27.4 Å². The fourth-order valence-electron chi connectivity index (χ4n) is 2.56. The fourth-order valence-corrected chi connectivity index (χ4v) is 2.56. The Hall–Kier alpha value is -3.62. The molecule has 0 aliphatic heterocycles. The van der Waals surface area contributed by atoms with Crippen molar-refractivity contribution < 1.29 is 40.6 Å². The first-order valence-electron chi connectivity index (χ1n) is 8.87. The predicted molar refractivity (Wildman–Crippen MR) is 101 cm³/mol. The quantitative estimate of drug-likeness (QED) is 0.233. The minimum absolute atomic E-state index is 0.0318. The Bertz CT molecular complexity index is 1070. The van der Waals surface area contributed by atoms with Crippen LogP contribution in [0.2, 0.25) is 0 Å². The van der Waals surface area contributed by atoms with Crippen molar-refractivity contribution in [1.82, 2.24) is 0 Å². The predicted octanol–water partition coefficient (Wildman–Crippen LogP) is 6.37. The molecule has 0 saturated carbocycles. The van der Waals surface area contributed by atoms with Crippen LogP contribution in [0, 0.1) is 0 Å². The molecule has 0 aliphatic rings. The summed E-state index contributed by atoms with van der Waals surface area (Å²) in [6.07, 6.45) is -1.91. The van der Waals surface area contributed by atoms with E-state index < -0.39 is 24.1 Å². The van der Waals surface area contributed by atoms with Gasteiger partial charge in [0.25, 0.3) is 0 Å². The van der Waals surface area contributed by atoms with E-state index in [0.717, 1.165) is 12.1 Å². The smallest absolute Gasteiger partial charge is 0.416 e. The average molecular weight is 438 g/mol. The van der Waals surface area contributed by atoms with E-state index in [9.17, 15) is 26.7 Å². The monoisotopic (exact) mass is 438 g/mol. The molecule has 4 nitrogen and oxygen atoms in total. The van der Waals surface area contributed by atoms with Crippen molar-refractivity contribution in [2.45, 2.75) is 19.4 Å². The molecule has 0 amide bonds. The third-order valence-electron chi connectivity index (χ3n) is 3.97. The van der Waals surface area contributed by atoms with Gasteiger partial charge in [-0.05, 0) is 54.6 Å². The van der Waals surface area contributed by atoms with Gasteiger partial charge in [0, 0.05) is 5.56 Å². The number of halogens is 5. The lowest BCUT2D eigenvalue weighted by Gasteiger charge is -2.09. The van der Waals surface area contributed by atoms with Crippen molar-refractivity contribution in [1.29, 1.82) is 0 Å². The lowest BCUT2D eigenvalue weighted by Crippen LogP contribution is -2.05. The molecule has 3 aromatic rings. The molecule has 1 aromatic heterocycles. The fraction of sp³-hybridized carbons (Fsp3) is 0.136. The Morgan fingerprint density at radius 1 is 1.00 bits per heavy atom. The van der Waals surface area contributed by atoms with Gasteiger partial charge < -0.3 is 13.9 Å². The highest BCUT2D eigenvalue weighted by Gasteiger charge is 2.30. The van der Waals surface area contributed by atoms with Crippen LogP contribution in [-0.4, -0.2) is 12.4 Å². The van der Waals surface area contributed by atoms with Crippen LogP contribution >= 0.6 is 0 Å². The van der Waals surface area contributed by atoms with E-state index in [1.54, 1.807) is 12.1 Å². The van der Waals surface area contributed by atoms with Gasteiger partial charge >= 0.3 is 12.8 Å². The zero-order valence-corrected chi connectivity index (χ0v) is 15.7. The van der Waals surface area contributed by atoms with E-state index in [1.165, 1.54) is 48.6 Å². The van der Waals surface area contributed by atoms with Crippen molar-refractivity contribution in [3.63, 3.8) is 0 Å². The highest BCUT2D eigenvalue weighted by Crippen LogP contribution is 2.31. The molecule has 1 heterocycles. The Labute approximate surface area is 173 Å². The van der Waals surface area contributed by atoms with Gasteiger partial charge in [-0.3, -0.25) is 4.79 Å². The number of furan rings is 1. The molecule has 0 N–H and O–H groups in total. The summed E-state index contributed by atoms with van der Waals surface area (Å²) in [6.45, 7) is -3.11. The molecule has 0 bridgehead atoms. The molecule has 0 unspecified atom stereocenters. The van der Waals surface area contributed by atoms with E-state index in [1.807, 2.05) is 0 Å². The Morgan fingerprint density at radius 3 is 2.48 bits per heavy atom. The molecular weight excluding hydrogens is 423 g/mol. The molecular formula is C22H15F5O4. The third kappa shape index (κ3) is 6.43. The summed E-state index contributed by atoms with van der Waals surface area (Å²) in [5.74, 6) is 0.0661. The van der Waals surface area contributed by atoms with Crippen molar-refractivity contribution in [3.8, 4) is 11.5 Å². The second-order valence-corrected chi connectivity index (χ2v) is 6.22. The van der Waals surface area contributed by atoms with E-state index >= 15 is 0 Å². The van der Waals surface area contributed by atoms with Crippen molar-refractivity contribution in [3.05, 3.63) is 89.4 Å². The topological polar surface area (TPSA) is 48.7 Å². The highest BCUT2D eigenvalue weighted by molar-refractivity contribution is 6.06. The van der Waals surface area contributed by atoms with Gasteiger partial charge in [-0.15, -0.1) is 0 Å². The third-order valence-corrected chi connectivity index (χ3v) is 3.97. The minimum Gasteiger partial charge on any atom is -0.486 e. The van der Waals surface area contributed by atoms with Crippen LogP contribution in [0.3, 0.4) is 0 Å². The van der Waals surface area contributed by atoms with Gasteiger partial charge in [-0.25, -0.2) is 0 Å². The largest absolute Gasteiger partial charge is 0.486 e. The van der Waals surface area contributed by atoms with Crippen LogP contribution in [-0.2, 0) is 12.8 Å². The summed E-state index contributed by atoms with van der Waals surface area (Å²) in [5, 5.41) is 0. The number of ketones is 1. The zero-order valence-electron chi connectivity index (χ0n) is 15.7. The molecule has 3 rings (SSSR count). The van der Waals surface area contributed by atoms with Gasteiger partial charge in [-0.2, -0.15) is 22.0 Å². The van der Waals surface area contributed by atoms with Gasteiger partial charge in [0.15, 0.2) is 5.78 Å². The van der Waals surface area contributed by atoms with E-state index in [0.29, 0.717) is 11.5 Å².